The molecule has 1 aromatic heterocycles. The van der Waals surface area contributed by atoms with Gasteiger partial charge >= 0.3 is 6.18 Å². The summed E-state index contributed by atoms with van der Waals surface area (Å²) in [6.45, 7) is 0. The average Bonchev–Trinajstić information content (AvgIpc) is 2.59. The lowest BCUT2D eigenvalue weighted by molar-refractivity contribution is -0.105. The highest BCUT2D eigenvalue weighted by molar-refractivity contribution is 7.99. The highest BCUT2D eigenvalue weighted by Crippen LogP contribution is 2.35. The first kappa shape index (κ1) is 18.4. The van der Waals surface area contributed by atoms with E-state index in [9.17, 15) is 26.7 Å². The summed E-state index contributed by atoms with van der Waals surface area (Å²) in [5.41, 5.74) is -0.316. The van der Waals surface area contributed by atoms with E-state index >= 15 is 0 Å². The van der Waals surface area contributed by atoms with Gasteiger partial charge in [0.15, 0.2) is 0 Å². The van der Waals surface area contributed by atoms with E-state index in [2.05, 4.69) is 4.98 Å². The predicted molar refractivity (Wildman–Crippen MR) is 89.1 cm³/mol. The Morgan fingerprint density at radius 1 is 1.12 bits per heavy atom. The molecule has 136 valence electrons. The SMILES string of the molecule is O=c1c2ccccc2ncn1-c1ccc(C(F)F)c(SCC(F)(F)F)c1. The zero-order valence-corrected chi connectivity index (χ0v) is 13.8. The smallest absolute Gasteiger partial charge is 0.268 e. The van der Waals surface area contributed by atoms with Gasteiger partial charge in [-0.25, -0.2) is 13.8 Å². The number of fused-ring (bicyclic) bond motifs is 1. The van der Waals surface area contributed by atoms with E-state index in [4.69, 9.17) is 0 Å². The Morgan fingerprint density at radius 2 is 1.85 bits per heavy atom. The fraction of sp³-hybridized carbons (Fsp3) is 0.176. The quantitative estimate of drug-likeness (QED) is 0.469. The van der Waals surface area contributed by atoms with Crippen molar-refractivity contribution in [2.45, 2.75) is 17.5 Å². The van der Waals surface area contributed by atoms with Gasteiger partial charge in [0, 0.05) is 10.5 Å². The monoisotopic (exact) mass is 386 g/mol. The van der Waals surface area contributed by atoms with Gasteiger partial charge in [-0.1, -0.05) is 18.2 Å². The number of rotatable bonds is 4. The highest BCUT2D eigenvalue weighted by atomic mass is 32.2. The molecule has 0 spiro atoms. The Balaban J connectivity index is 2.08. The molecule has 0 atom stereocenters. The lowest BCUT2D eigenvalue weighted by Gasteiger charge is -2.13. The van der Waals surface area contributed by atoms with Crippen molar-refractivity contribution in [1.29, 1.82) is 0 Å². The number of para-hydroxylation sites is 1. The van der Waals surface area contributed by atoms with Crippen LogP contribution in [0.25, 0.3) is 16.6 Å². The van der Waals surface area contributed by atoms with Gasteiger partial charge in [-0.15, -0.1) is 11.8 Å². The maximum atomic E-state index is 13.1. The third-order valence-electron chi connectivity index (χ3n) is 3.57. The van der Waals surface area contributed by atoms with Crippen LogP contribution < -0.4 is 5.56 Å². The third kappa shape index (κ3) is 3.87. The summed E-state index contributed by atoms with van der Waals surface area (Å²) in [4.78, 5) is 16.5. The zero-order valence-electron chi connectivity index (χ0n) is 13.0. The number of hydrogen-bond acceptors (Lipinski definition) is 3. The van der Waals surface area contributed by atoms with Crippen LogP contribution in [0.2, 0.25) is 0 Å². The van der Waals surface area contributed by atoms with Crippen molar-refractivity contribution in [2.75, 3.05) is 5.75 Å². The normalized spacial score (nSPS) is 12.1. The van der Waals surface area contributed by atoms with E-state index in [-0.39, 0.29) is 22.3 Å². The maximum absolute atomic E-state index is 13.1. The molecule has 0 aliphatic rings. The molecule has 0 aliphatic carbocycles. The summed E-state index contributed by atoms with van der Waals surface area (Å²) in [5, 5.41) is 0.317. The fourth-order valence-corrected chi connectivity index (χ4v) is 3.24. The molecule has 2 aromatic carbocycles. The van der Waals surface area contributed by atoms with Gasteiger partial charge in [0.2, 0.25) is 0 Å². The number of nitrogens with zero attached hydrogens (tertiary/aromatic N) is 2. The summed E-state index contributed by atoms with van der Waals surface area (Å²) in [7, 11) is 0. The van der Waals surface area contributed by atoms with Crippen molar-refractivity contribution < 1.29 is 22.0 Å². The Kier molecular flexibility index (Phi) is 4.99. The molecule has 0 saturated heterocycles. The van der Waals surface area contributed by atoms with Crippen molar-refractivity contribution in [3.05, 3.63) is 64.7 Å². The molecule has 0 aliphatic heterocycles. The van der Waals surface area contributed by atoms with Crippen LogP contribution in [0.15, 0.2) is 58.5 Å². The first-order valence-corrected chi connectivity index (χ1v) is 8.33. The van der Waals surface area contributed by atoms with E-state index < -0.39 is 29.5 Å². The van der Waals surface area contributed by atoms with Crippen LogP contribution in [0.4, 0.5) is 22.0 Å². The molecule has 0 N–H and O–H groups in total. The second kappa shape index (κ2) is 7.06. The number of aromatic nitrogens is 2. The summed E-state index contributed by atoms with van der Waals surface area (Å²) in [5.74, 6) is -1.30. The van der Waals surface area contributed by atoms with Gasteiger partial charge in [-0.3, -0.25) is 9.36 Å². The standard InChI is InChI=1S/C17H11F5N2OS/c18-15(19)12-6-5-10(7-14(12)26-8-17(20,21)22)24-9-23-13-4-2-1-3-11(13)16(24)25/h1-7,9,15H,8H2. The third-order valence-corrected chi connectivity index (χ3v) is 4.70. The number of benzene rings is 2. The van der Waals surface area contributed by atoms with E-state index in [0.717, 1.165) is 16.7 Å². The average molecular weight is 386 g/mol. The minimum atomic E-state index is -4.50. The van der Waals surface area contributed by atoms with E-state index in [1.807, 2.05) is 0 Å². The largest absolute Gasteiger partial charge is 0.398 e. The van der Waals surface area contributed by atoms with Crippen molar-refractivity contribution in [2.24, 2.45) is 0 Å². The molecular formula is C17H11F5N2OS. The van der Waals surface area contributed by atoms with Crippen LogP contribution in [0, 0.1) is 0 Å². The molecule has 0 bridgehead atoms. The molecule has 26 heavy (non-hydrogen) atoms. The lowest BCUT2D eigenvalue weighted by atomic mass is 10.2. The van der Waals surface area contributed by atoms with E-state index in [0.29, 0.717) is 10.9 Å². The molecule has 3 nitrogen and oxygen atoms in total. The van der Waals surface area contributed by atoms with Gasteiger partial charge in [-0.2, -0.15) is 13.2 Å². The van der Waals surface area contributed by atoms with Crippen LogP contribution in [-0.4, -0.2) is 21.5 Å². The van der Waals surface area contributed by atoms with Gasteiger partial charge in [-0.05, 0) is 24.3 Å². The molecule has 0 amide bonds. The second-order valence-electron chi connectivity index (χ2n) is 5.36. The molecule has 0 unspecified atom stereocenters. The van der Waals surface area contributed by atoms with Crippen LogP contribution in [0.1, 0.15) is 12.0 Å². The second-order valence-corrected chi connectivity index (χ2v) is 6.38. The van der Waals surface area contributed by atoms with E-state index in [1.165, 1.54) is 12.4 Å². The van der Waals surface area contributed by atoms with Crippen LogP contribution in [0.5, 0.6) is 0 Å². The van der Waals surface area contributed by atoms with E-state index in [1.54, 1.807) is 24.3 Å². The molecule has 0 fully saturated rings. The first-order chi connectivity index (χ1) is 12.3. The summed E-state index contributed by atoms with van der Waals surface area (Å²) in [6, 6.07) is 10.0. The molecule has 1 heterocycles. The Hall–Kier alpha value is -2.42. The zero-order chi connectivity index (χ0) is 18.9. The highest BCUT2D eigenvalue weighted by Gasteiger charge is 2.28. The van der Waals surface area contributed by atoms with Crippen molar-refractivity contribution >= 4 is 22.7 Å². The van der Waals surface area contributed by atoms with Crippen molar-refractivity contribution in [3.8, 4) is 5.69 Å². The van der Waals surface area contributed by atoms with Crippen molar-refractivity contribution in [3.63, 3.8) is 0 Å². The lowest BCUT2D eigenvalue weighted by Crippen LogP contribution is -2.19. The van der Waals surface area contributed by atoms with Gasteiger partial charge in [0.05, 0.1) is 22.3 Å². The molecule has 0 saturated carbocycles. The van der Waals surface area contributed by atoms with Crippen molar-refractivity contribution in [1.82, 2.24) is 9.55 Å². The Morgan fingerprint density at radius 3 is 2.54 bits per heavy atom. The first-order valence-electron chi connectivity index (χ1n) is 7.35. The van der Waals surface area contributed by atoms with Crippen LogP contribution >= 0.6 is 11.8 Å². The summed E-state index contributed by atoms with van der Waals surface area (Å²) >= 11 is 0.260. The minimum Gasteiger partial charge on any atom is -0.268 e. The number of alkyl halides is 5. The van der Waals surface area contributed by atoms with Gasteiger partial charge in [0.25, 0.3) is 12.0 Å². The summed E-state index contributed by atoms with van der Waals surface area (Å²) in [6.07, 6.45) is -6.20. The maximum Gasteiger partial charge on any atom is 0.398 e. The molecule has 0 radical (unpaired) electrons. The topological polar surface area (TPSA) is 34.9 Å². The number of halogens is 5. The number of hydrogen-bond donors (Lipinski definition) is 0. The predicted octanol–water partition coefficient (Wildman–Crippen LogP) is 4.98. The van der Waals surface area contributed by atoms with Gasteiger partial charge in [0.1, 0.15) is 6.33 Å². The molecular weight excluding hydrogens is 375 g/mol. The minimum absolute atomic E-state index is 0.169. The number of thioether (sulfide) groups is 1. The molecule has 9 heteroatoms. The van der Waals surface area contributed by atoms with Crippen LogP contribution in [-0.2, 0) is 0 Å². The summed E-state index contributed by atoms with van der Waals surface area (Å²) < 4.78 is 64.7. The Labute approximate surface area is 148 Å². The fourth-order valence-electron chi connectivity index (χ4n) is 2.39. The van der Waals surface area contributed by atoms with Gasteiger partial charge < -0.3 is 0 Å². The molecule has 3 rings (SSSR count). The molecule has 3 aromatic rings. The Bertz CT molecular complexity index is 1000. The van der Waals surface area contributed by atoms with Crippen LogP contribution in [0.3, 0.4) is 0 Å².